The van der Waals surface area contributed by atoms with E-state index in [4.69, 9.17) is 0 Å². The molecule has 2 nitrogen and oxygen atoms in total. The Balaban J connectivity index is 2.48. The first-order valence-corrected chi connectivity index (χ1v) is 7.56. The van der Waals surface area contributed by atoms with E-state index in [1.165, 1.54) is 12.1 Å². The van der Waals surface area contributed by atoms with Gasteiger partial charge in [-0.3, -0.25) is 0 Å². The van der Waals surface area contributed by atoms with E-state index in [0.29, 0.717) is 12.6 Å². The van der Waals surface area contributed by atoms with Crippen molar-refractivity contribution < 1.29 is 9.50 Å². The van der Waals surface area contributed by atoms with Crippen LogP contribution < -0.4 is 0 Å². The van der Waals surface area contributed by atoms with Gasteiger partial charge in [0, 0.05) is 12.6 Å². The molecule has 0 bridgehead atoms. The molecule has 0 radical (unpaired) electrons. The second kappa shape index (κ2) is 7.77. The van der Waals surface area contributed by atoms with E-state index in [1.807, 2.05) is 18.8 Å². The minimum Gasteiger partial charge on any atom is -0.387 e. The monoisotopic (exact) mass is 271 g/mol. The number of rotatable bonds is 7. The summed E-state index contributed by atoms with van der Waals surface area (Å²) in [6.45, 7) is 2.73. The van der Waals surface area contributed by atoms with E-state index < -0.39 is 6.10 Å². The predicted molar refractivity (Wildman–Crippen MR) is 76.5 cm³/mol. The van der Waals surface area contributed by atoms with Crippen LogP contribution in [-0.4, -0.2) is 41.6 Å². The first-order valence-electron chi connectivity index (χ1n) is 6.17. The fourth-order valence-corrected chi connectivity index (χ4v) is 2.33. The van der Waals surface area contributed by atoms with Crippen LogP contribution >= 0.6 is 11.8 Å². The maximum atomic E-state index is 12.8. The number of hydrogen-bond acceptors (Lipinski definition) is 3. The summed E-state index contributed by atoms with van der Waals surface area (Å²) in [6.07, 6.45) is 2.64. The van der Waals surface area contributed by atoms with Crippen LogP contribution in [0.3, 0.4) is 0 Å². The lowest BCUT2D eigenvalue weighted by atomic mass is 10.1. The SMILES string of the molecule is CSCCC(C)N(C)CC(O)c1ccc(F)cc1. The van der Waals surface area contributed by atoms with E-state index in [2.05, 4.69) is 18.1 Å². The highest BCUT2D eigenvalue weighted by Gasteiger charge is 2.14. The lowest BCUT2D eigenvalue weighted by Crippen LogP contribution is -2.33. The van der Waals surface area contributed by atoms with Gasteiger partial charge in [0.05, 0.1) is 6.10 Å². The molecule has 1 N–H and O–H groups in total. The van der Waals surface area contributed by atoms with Gasteiger partial charge in [-0.1, -0.05) is 12.1 Å². The van der Waals surface area contributed by atoms with E-state index in [0.717, 1.165) is 17.7 Å². The Labute approximate surface area is 113 Å². The maximum Gasteiger partial charge on any atom is 0.123 e. The Morgan fingerprint density at radius 1 is 1.33 bits per heavy atom. The van der Waals surface area contributed by atoms with Crippen molar-refractivity contribution in [2.45, 2.75) is 25.5 Å². The van der Waals surface area contributed by atoms with Crippen LogP contribution in [0.25, 0.3) is 0 Å². The molecule has 0 aliphatic carbocycles. The van der Waals surface area contributed by atoms with Crippen LogP contribution in [0, 0.1) is 5.82 Å². The molecular weight excluding hydrogens is 249 g/mol. The zero-order chi connectivity index (χ0) is 13.5. The van der Waals surface area contributed by atoms with Gasteiger partial charge in [-0.05, 0) is 50.1 Å². The van der Waals surface area contributed by atoms with E-state index in [-0.39, 0.29) is 5.82 Å². The van der Waals surface area contributed by atoms with Gasteiger partial charge in [0.1, 0.15) is 5.82 Å². The summed E-state index contributed by atoms with van der Waals surface area (Å²) in [7, 11) is 2.01. The molecule has 0 spiro atoms. The molecule has 1 rings (SSSR count). The van der Waals surface area contributed by atoms with Gasteiger partial charge in [0.2, 0.25) is 0 Å². The summed E-state index contributed by atoms with van der Waals surface area (Å²) in [5.74, 6) is 0.852. The van der Waals surface area contributed by atoms with Crippen LogP contribution in [0.2, 0.25) is 0 Å². The van der Waals surface area contributed by atoms with Crippen LogP contribution in [-0.2, 0) is 0 Å². The normalized spacial score (nSPS) is 14.8. The molecule has 0 aromatic heterocycles. The standard InChI is InChI=1S/C14H22FNOS/c1-11(8-9-18-3)16(2)10-14(17)12-4-6-13(15)7-5-12/h4-7,11,14,17H,8-10H2,1-3H3. The van der Waals surface area contributed by atoms with Crippen LogP contribution in [0.15, 0.2) is 24.3 Å². The van der Waals surface area contributed by atoms with Crippen molar-refractivity contribution >= 4 is 11.8 Å². The number of thioether (sulfide) groups is 1. The number of benzene rings is 1. The lowest BCUT2D eigenvalue weighted by molar-refractivity contribution is 0.107. The molecule has 0 saturated heterocycles. The third-order valence-corrected chi connectivity index (χ3v) is 3.85. The smallest absolute Gasteiger partial charge is 0.123 e. The Kier molecular flexibility index (Phi) is 6.68. The number of halogens is 1. The lowest BCUT2D eigenvalue weighted by Gasteiger charge is -2.27. The molecule has 0 aliphatic rings. The van der Waals surface area contributed by atoms with Crippen molar-refractivity contribution in [3.8, 4) is 0 Å². The van der Waals surface area contributed by atoms with Gasteiger partial charge in [0.25, 0.3) is 0 Å². The molecule has 2 unspecified atom stereocenters. The van der Waals surface area contributed by atoms with E-state index >= 15 is 0 Å². The highest BCUT2D eigenvalue weighted by Crippen LogP contribution is 2.16. The van der Waals surface area contributed by atoms with Gasteiger partial charge in [-0.15, -0.1) is 0 Å². The molecule has 2 atom stereocenters. The second-order valence-electron chi connectivity index (χ2n) is 4.64. The zero-order valence-corrected chi connectivity index (χ0v) is 12.1. The van der Waals surface area contributed by atoms with Crippen molar-refractivity contribution in [1.29, 1.82) is 0 Å². The molecule has 1 aromatic rings. The van der Waals surface area contributed by atoms with Crippen LogP contribution in [0.4, 0.5) is 4.39 Å². The average molecular weight is 271 g/mol. The average Bonchev–Trinajstić information content (AvgIpc) is 2.36. The fraction of sp³-hybridized carbons (Fsp3) is 0.571. The zero-order valence-electron chi connectivity index (χ0n) is 11.3. The highest BCUT2D eigenvalue weighted by molar-refractivity contribution is 7.98. The quantitative estimate of drug-likeness (QED) is 0.825. The first-order chi connectivity index (χ1) is 8.54. The molecule has 0 fully saturated rings. The number of aliphatic hydroxyl groups excluding tert-OH is 1. The molecule has 1 aromatic carbocycles. The van der Waals surface area contributed by atoms with Crippen molar-refractivity contribution in [2.75, 3.05) is 25.6 Å². The maximum absolute atomic E-state index is 12.8. The molecular formula is C14H22FNOS. The fourth-order valence-electron chi connectivity index (χ4n) is 1.75. The largest absolute Gasteiger partial charge is 0.387 e. The molecule has 18 heavy (non-hydrogen) atoms. The Bertz CT molecular complexity index is 344. The van der Waals surface area contributed by atoms with Gasteiger partial charge in [-0.25, -0.2) is 4.39 Å². The molecule has 0 heterocycles. The number of nitrogens with zero attached hydrogens (tertiary/aromatic N) is 1. The van der Waals surface area contributed by atoms with Gasteiger partial charge < -0.3 is 10.0 Å². The Morgan fingerprint density at radius 2 is 1.94 bits per heavy atom. The molecule has 0 amide bonds. The Hall–Kier alpha value is -0.580. The van der Waals surface area contributed by atoms with Crippen molar-refractivity contribution in [1.82, 2.24) is 4.90 Å². The molecule has 0 aliphatic heterocycles. The first kappa shape index (κ1) is 15.5. The number of likely N-dealkylation sites (N-methyl/N-ethyl adjacent to an activating group) is 1. The highest BCUT2D eigenvalue weighted by atomic mass is 32.2. The van der Waals surface area contributed by atoms with Crippen molar-refractivity contribution in [3.63, 3.8) is 0 Å². The minimum atomic E-state index is -0.563. The molecule has 0 saturated carbocycles. The van der Waals surface area contributed by atoms with Crippen molar-refractivity contribution in [2.24, 2.45) is 0 Å². The van der Waals surface area contributed by atoms with Crippen LogP contribution in [0.5, 0.6) is 0 Å². The van der Waals surface area contributed by atoms with E-state index in [1.54, 1.807) is 12.1 Å². The van der Waals surface area contributed by atoms with Gasteiger partial charge >= 0.3 is 0 Å². The third-order valence-electron chi connectivity index (χ3n) is 3.21. The van der Waals surface area contributed by atoms with Gasteiger partial charge in [0.15, 0.2) is 0 Å². The summed E-state index contributed by atoms with van der Waals surface area (Å²) in [5, 5.41) is 10.1. The summed E-state index contributed by atoms with van der Waals surface area (Å²) in [4.78, 5) is 2.14. The van der Waals surface area contributed by atoms with Gasteiger partial charge in [-0.2, -0.15) is 11.8 Å². The summed E-state index contributed by atoms with van der Waals surface area (Å²) < 4.78 is 12.8. The number of aliphatic hydroxyl groups is 1. The Morgan fingerprint density at radius 3 is 2.50 bits per heavy atom. The summed E-state index contributed by atoms with van der Waals surface area (Å²) >= 11 is 1.83. The topological polar surface area (TPSA) is 23.5 Å². The second-order valence-corrected chi connectivity index (χ2v) is 5.62. The minimum absolute atomic E-state index is 0.271. The molecule has 4 heteroatoms. The third kappa shape index (κ3) is 4.96. The predicted octanol–water partition coefficient (Wildman–Crippen LogP) is 2.93. The molecule has 102 valence electrons. The number of hydrogen-bond donors (Lipinski definition) is 1. The van der Waals surface area contributed by atoms with Crippen LogP contribution in [0.1, 0.15) is 25.0 Å². The van der Waals surface area contributed by atoms with Crippen molar-refractivity contribution in [3.05, 3.63) is 35.6 Å². The summed E-state index contributed by atoms with van der Waals surface area (Å²) in [6, 6.07) is 6.49. The van der Waals surface area contributed by atoms with E-state index in [9.17, 15) is 9.50 Å². The summed E-state index contributed by atoms with van der Waals surface area (Å²) in [5.41, 5.74) is 0.764.